The molecule has 6 nitrogen and oxygen atoms in total. The highest BCUT2D eigenvalue weighted by atomic mass is 16.6. The molecule has 0 aliphatic carbocycles. The second kappa shape index (κ2) is 5.81. The zero-order valence-corrected chi connectivity index (χ0v) is 13.5. The minimum absolute atomic E-state index is 0.213. The van der Waals surface area contributed by atoms with Gasteiger partial charge in [-0.05, 0) is 0 Å². The number of fused-ring (bicyclic) bond motifs is 1. The first kappa shape index (κ1) is 15.5. The lowest BCUT2D eigenvalue weighted by Crippen LogP contribution is -2.58. The van der Waals surface area contributed by atoms with E-state index in [2.05, 4.69) is 0 Å². The average Bonchev–Trinajstić information content (AvgIpc) is 2.96. The van der Waals surface area contributed by atoms with Crippen molar-refractivity contribution in [2.45, 2.75) is 11.6 Å². The molecule has 25 heavy (non-hydrogen) atoms. The van der Waals surface area contributed by atoms with E-state index in [9.17, 15) is 14.7 Å². The molecule has 1 N–H and O–H groups in total. The van der Waals surface area contributed by atoms with E-state index in [0.29, 0.717) is 13.1 Å². The molecule has 2 heterocycles. The van der Waals surface area contributed by atoms with Gasteiger partial charge in [0.25, 0.3) is 0 Å². The van der Waals surface area contributed by atoms with Gasteiger partial charge in [0.2, 0.25) is 0 Å². The summed E-state index contributed by atoms with van der Waals surface area (Å²) in [5, 5.41) is 9.42. The predicted molar refractivity (Wildman–Crippen MR) is 90.2 cm³/mol. The zero-order chi connectivity index (χ0) is 17.4. The number of hydrogen-bond donors (Lipinski definition) is 1. The number of ether oxygens (including phenoxy) is 1. The molecule has 0 bridgehead atoms. The molecule has 2 aliphatic rings. The number of benzene rings is 2. The molecule has 2 aromatic carbocycles. The van der Waals surface area contributed by atoms with Gasteiger partial charge in [0.05, 0.1) is 0 Å². The fraction of sp³-hybridized carbons (Fsp3) is 0.263. The quantitative estimate of drug-likeness (QED) is 0.914. The Kier molecular flexibility index (Phi) is 3.60. The van der Waals surface area contributed by atoms with Crippen LogP contribution in [0.25, 0.3) is 0 Å². The summed E-state index contributed by atoms with van der Waals surface area (Å²) in [5.74, 6) is 0. The Morgan fingerprint density at radius 1 is 1.00 bits per heavy atom. The maximum absolute atomic E-state index is 12.6. The van der Waals surface area contributed by atoms with E-state index in [1.54, 1.807) is 4.90 Å². The largest absolute Gasteiger partial charge is 0.465 e. The molecule has 0 aromatic heterocycles. The minimum atomic E-state index is -1.02. The predicted octanol–water partition coefficient (Wildman–Crippen LogP) is 2.74. The van der Waals surface area contributed by atoms with Crippen LogP contribution in [0.2, 0.25) is 0 Å². The van der Waals surface area contributed by atoms with E-state index < -0.39 is 23.8 Å². The van der Waals surface area contributed by atoms with Crippen molar-refractivity contribution >= 4 is 12.2 Å². The summed E-state index contributed by atoms with van der Waals surface area (Å²) < 4.78 is 5.96. The third-order valence-electron chi connectivity index (χ3n) is 5.01. The van der Waals surface area contributed by atoms with Gasteiger partial charge in [0.15, 0.2) is 5.60 Å². The number of amides is 2. The lowest BCUT2D eigenvalue weighted by atomic mass is 9.79. The highest BCUT2D eigenvalue weighted by molar-refractivity contribution is 5.75. The fourth-order valence-corrected chi connectivity index (χ4v) is 3.83. The molecular formula is C19H18N2O4. The molecule has 2 saturated heterocycles. The molecule has 1 unspecified atom stereocenters. The van der Waals surface area contributed by atoms with Crippen molar-refractivity contribution in [2.24, 2.45) is 0 Å². The van der Waals surface area contributed by atoms with Crippen LogP contribution in [0.15, 0.2) is 60.7 Å². The molecule has 2 fully saturated rings. The van der Waals surface area contributed by atoms with Crippen LogP contribution in [0.1, 0.15) is 11.1 Å². The van der Waals surface area contributed by atoms with Crippen molar-refractivity contribution in [1.82, 2.24) is 9.80 Å². The molecule has 2 aliphatic heterocycles. The second-order valence-electron chi connectivity index (χ2n) is 6.27. The molecule has 2 amide bonds. The number of hydrogen-bond acceptors (Lipinski definition) is 3. The minimum Gasteiger partial charge on any atom is -0.465 e. The van der Waals surface area contributed by atoms with Gasteiger partial charge in [0, 0.05) is 30.8 Å². The van der Waals surface area contributed by atoms with E-state index in [1.807, 2.05) is 60.7 Å². The van der Waals surface area contributed by atoms with Crippen LogP contribution in [-0.4, -0.2) is 52.8 Å². The van der Waals surface area contributed by atoms with E-state index >= 15 is 0 Å². The molecule has 6 heteroatoms. The van der Waals surface area contributed by atoms with Gasteiger partial charge in [-0.25, -0.2) is 9.59 Å². The molecule has 1 atom stereocenters. The second-order valence-corrected chi connectivity index (χ2v) is 6.27. The van der Waals surface area contributed by atoms with Crippen molar-refractivity contribution in [1.29, 1.82) is 0 Å². The van der Waals surface area contributed by atoms with E-state index in [0.717, 1.165) is 11.1 Å². The Hall–Kier alpha value is -3.02. The van der Waals surface area contributed by atoms with Crippen LogP contribution in [-0.2, 0) is 10.3 Å². The Bertz CT molecular complexity index is 754. The monoisotopic (exact) mass is 338 g/mol. The molecular weight excluding hydrogens is 320 g/mol. The van der Waals surface area contributed by atoms with Crippen LogP contribution in [0, 0.1) is 0 Å². The van der Waals surface area contributed by atoms with Crippen molar-refractivity contribution in [2.75, 3.05) is 19.6 Å². The molecule has 2 aromatic rings. The fourth-order valence-electron chi connectivity index (χ4n) is 3.83. The van der Waals surface area contributed by atoms with Crippen LogP contribution in [0.5, 0.6) is 0 Å². The summed E-state index contributed by atoms with van der Waals surface area (Å²) in [6, 6.07) is 18.7. The number of carboxylic acid groups (broad SMARTS) is 1. The highest BCUT2D eigenvalue weighted by Crippen LogP contribution is 2.45. The van der Waals surface area contributed by atoms with Crippen molar-refractivity contribution in [3.05, 3.63) is 71.8 Å². The number of piperazine rings is 1. The highest BCUT2D eigenvalue weighted by Gasteiger charge is 2.58. The first-order chi connectivity index (χ1) is 12.1. The number of carbonyl (C=O) groups excluding carboxylic acids is 1. The van der Waals surface area contributed by atoms with Crippen LogP contribution in [0.3, 0.4) is 0 Å². The number of cyclic esters (lactones) is 1. The molecule has 4 rings (SSSR count). The maximum atomic E-state index is 12.6. The topological polar surface area (TPSA) is 70.1 Å². The van der Waals surface area contributed by atoms with Gasteiger partial charge in [-0.1, -0.05) is 60.7 Å². The van der Waals surface area contributed by atoms with E-state index in [4.69, 9.17) is 4.74 Å². The summed E-state index contributed by atoms with van der Waals surface area (Å²) in [7, 11) is 0. The van der Waals surface area contributed by atoms with Crippen molar-refractivity contribution in [3.8, 4) is 0 Å². The number of nitrogens with zero attached hydrogens (tertiary/aromatic N) is 2. The Labute approximate surface area is 145 Å². The molecule has 128 valence electrons. The first-order valence-electron chi connectivity index (χ1n) is 8.21. The summed E-state index contributed by atoms with van der Waals surface area (Å²) in [4.78, 5) is 27.1. The first-order valence-corrected chi connectivity index (χ1v) is 8.21. The van der Waals surface area contributed by atoms with Gasteiger partial charge in [-0.2, -0.15) is 0 Å². The molecule has 0 spiro atoms. The van der Waals surface area contributed by atoms with Crippen LogP contribution >= 0.6 is 0 Å². The summed E-state index contributed by atoms with van der Waals surface area (Å²) in [6.07, 6.45) is -1.38. The van der Waals surface area contributed by atoms with Crippen LogP contribution < -0.4 is 0 Å². The Morgan fingerprint density at radius 2 is 1.56 bits per heavy atom. The van der Waals surface area contributed by atoms with E-state index in [-0.39, 0.29) is 6.54 Å². The average molecular weight is 338 g/mol. The standard InChI is InChI=1S/C19H18N2O4/c22-17(23)20-11-12-21-16(13-20)19(25-18(21)24,14-7-3-1-4-8-14)15-9-5-2-6-10-15/h1-10,16H,11-13H2,(H,22,23). The lowest BCUT2D eigenvalue weighted by Gasteiger charge is -2.41. The SMILES string of the molecule is O=C(O)N1CCN2C(=O)OC(c3ccccc3)(c3ccccc3)C2C1. The third kappa shape index (κ3) is 2.33. The van der Waals surface area contributed by atoms with Gasteiger partial charge in [0.1, 0.15) is 6.04 Å². The van der Waals surface area contributed by atoms with Crippen molar-refractivity contribution in [3.63, 3.8) is 0 Å². The molecule has 0 radical (unpaired) electrons. The zero-order valence-electron chi connectivity index (χ0n) is 13.5. The van der Waals surface area contributed by atoms with Gasteiger partial charge < -0.3 is 14.7 Å². The Morgan fingerprint density at radius 3 is 2.08 bits per heavy atom. The summed E-state index contributed by atoms with van der Waals surface area (Å²) in [6.45, 7) is 0.836. The summed E-state index contributed by atoms with van der Waals surface area (Å²) >= 11 is 0. The van der Waals surface area contributed by atoms with Gasteiger partial charge in [-0.3, -0.25) is 4.90 Å². The smallest absolute Gasteiger partial charge is 0.411 e. The Balaban J connectivity index is 1.88. The maximum Gasteiger partial charge on any atom is 0.411 e. The van der Waals surface area contributed by atoms with Gasteiger partial charge >= 0.3 is 12.2 Å². The number of rotatable bonds is 2. The van der Waals surface area contributed by atoms with Crippen LogP contribution in [0.4, 0.5) is 9.59 Å². The van der Waals surface area contributed by atoms with E-state index in [1.165, 1.54) is 4.90 Å². The van der Waals surface area contributed by atoms with Crippen molar-refractivity contribution < 1.29 is 19.4 Å². The third-order valence-corrected chi connectivity index (χ3v) is 5.01. The normalized spacial score (nSPS) is 21.6. The van der Waals surface area contributed by atoms with Gasteiger partial charge in [-0.15, -0.1) is 0 Å². The number of carbonyl (C=O) groups is 2. The lowest BCUT2D eigenvalue weighted by molar-refractivity contribution is 0.0443. The summed E-state index contributed by atoms with van der Waals surface area (Å²) in [5.41, 5.74) is 0.664. The molecule has 0 saturated carbocycles.